The van der Waals surface area contributed by atoms with Crippen molar-refractivity contribution in [2.75, 3.05) is 46.8 Å². The molecule has 1 rings (SSSR count). The van der Waals surface area contributed by atoms with Crippen molar-refractivity contribution in [1.29, 1.82) is 0 Å². The standard InChI is InChI=1S/C13H26O5/c1-15-6-7-16-8-9-17-10-11-18-13-5-3-2-4-12(13)14/h12-14H,2-11H2,1H3. The Labute approximate surface area is 109 Å². The molecule has 0 aromatic carbocycles. The lowest BCUT2D eigenvalue weighted by Crippen LogP contribution is -2.33. The fourth-order valence-electron chi connectivity index (χ4n) is 1.99. The summed E-state index contributed by atoms with van der Waals surface area (Å²) in [5.74, 6) is 0. The van der Waals surface area contributed by atoms with Crippen LogP contribution in [0.15, 0.2) is 0 Å². The van der Waals surface area contributed by atoms with Gasteiger partial charge in [0, 0.05) is 7.11 Å². The number of hydrogen-bond acceptors (Lipinski definition) is 5. The van der Waals surface area contributed by atoms with Crippen LogP contribution in [0.1, 0.15) is 25.7 Å². The molecule has 1 aliphatic rings. The van der Waals surface area contributed by atoms with E-state index in [9.17, 15) is 5.11 Å². The van der Waals surface area contributed by atoms with E-state index in [1.54, 1.807) is 7.11 Å². The minimum Gasteiger partial charge on any atom is -0.390 e. The summed E-state index contributed by atoms with van der Waals surface area (Å²) in [5, 5.41) is 9.69. The SMILES string of the molecule is COCCOCCOCCOC1CCCCC1O. The van der Waals surface area contributed by atoms with Gasteiger partial charge >= 0.3 is 0 Å². The van der Waals surface area contributed by atoms with Gasteiger partial charge in [0.15, 0.2) is 0 Å². The third-order valence-corrected chi connectivity index (χ3v) is 3.03. The molecule has 5 heteroatoms. The molecule has 108 valence electrons. The van der Waals surface area contributed by atoms with Crippen LogP contribution >= 0.6 is 0 Å². The number of aliphatic hydroxyl groups excluding tert-OH is 1. The number of rotatable bonds is 10. The molecular weight excluding hydrogens is 236 g/mol. The summed E-state index contributed by atoms with van der Waals surface area (Å²) in [4.78, 5) is 0. The smallest absolute Gasteiger partial charge is 0.0835 e. The van der Waals surface area contributed by atoms with Gasteiger partial charge in [0.25, 0.3) is 0 Å². The van der Waals surface area contributed by atoms with Gasteiger partial charge < -0.3 is 24.1 Å². The van der Waals surface area contributed by atoms with E-state index in [4.69, 9.17) is 18.9 Å². The first-order valence-electron chi connectivity index (χ1n) is 6.78. The second-order valence-corrected chi connectivity index (χ2v) is 4.48. The molecule has 1 aliphatic carbocycles. The minimum atomic E-state index is -0.295. The van der Waals surface area contributed by atoms with E-state index >= 15 is 0 Å². The van der Waals surface area contributed by atoms with Crippen molar-refractivity contribution in [3.8, 4) is 0 Å². The lowest BCUT2D eigenvalue weighted by Gasteiger charge is -2.27. The fraction of sp³-hybridized carbons (Fsp3) is 1.00. The molecule has 1 fully saturated rings. The van der Waals surface area contributed by atoms with Crippen LogP contribution in [0.5, 0.6) is 0 Å². The first-order chi connectivity index (χ1) is 8.84. The van der Waals surface area contributed by atoms with E-state index in [0.717, 1.165) is 25.7 Å². The maximum atomic E-state index is 9.69. The van der Waals surface area contributed by atoms with Gasteiger partial charge in [-0.25, -0.2) is 0 Å². The lowest BCUT2D eigenvalue weighted by molar-refractivity contribution is -0.0766. The second-order valence-electron chi connectivity index (χ2n) is 4.48. The molecule has 0 radical (unpaired) electrons. The van der Waals surface area contributed by atoms with Gasteiger partial charge in [-0.1, -0.05) is 12.8 Å². The predicted octanol–water partition coefficient (Wildman–Crippen LogP) is 0.986. The highest BCUT2D eigenvalue weighted by Crippen LogP contribution is 2.20. The third kappa shape index (κ3) is 7.28. The molecule has 0 aromatic rings. The van der Waals surface area contributed by atoms with Gasteiger partial charge in [0.05, 0.1) is 51.8 Å². The first kappa shape index (κ1) is 15.9. The van der Waals surface area contributed by atoms with Crippen molar-refractivity contribution in [3.63, 3.8) is 0 Å². The molecule has 0 saturated heterocycles. The molecule has 1 saturated carbocycles. The maximum Gasteiger partial charge on any atom is 0.0835 e. The van der Waals surface area contributed by atoms with Crippen LogP contribution < -0.4 is 0 Å². The Kier molecular flexibility index (Phi) is 9.42. The van der Waals surface area contributed by atoms with Crippen molar-refractivity contribution in [2.24, 2.45) is 0 Å². The summed E-state index contributed by atoms with van der Waals surface area (Å²) in [7, 11) is 1.65. The van der Waals surface area contributed by atoms with Crippen molar-refractivity contribution in [1.82, 2.24) is 0 Å². The lowest BCUT2D eigenvalue weighted by atomic mass is 9.95. The van der Waals surface area contributed by atoms with Gasteiger partial charge in [-0.2, -0.15) is 0 Å². The molecule has 1 N–H and O–H groups in total. The Balaban J connectivity index is 1.83. The molecule has 2 unspecified atom stereocenters. The Morgan fingerprint density at radius 3 is 2.17 bits per heavy atom. The molecule has 0 aromatic heterocycles. The summed E-state index contributed by atoms with van der Waals surface area (Å²) < 4.78 is 21.1. The van der Waals surface area contributed by atoms with E-state index < -0.39 is 0 Å². The Hall–Kier alpha value is -0.200. The van der Waals surface area contributed by atoms with E-state index in [-0.39, 0.29) is 12.2 Å². The predicted molar refractivity (Wildman–Crippen MR) is 67.7 cm³/mol. The van der Waals surface area contributed by atoms with Crippen LogP contribution in [0.2, 0.25) is 0 Å². The second kappa shape index (κ2) is 10.7. The van der Waals surface area contributed by atoms with Crippen LogP contribution in [0.3, 0.4) is 0 Å². The van der Waals surface area contributed by atoms with E-state index in [0.29, 0.717) is 39.6 Å². The molecule has 0 bridgehead atoms. The highest BCUT2D eigenvalue weighted by atomic mass is 16.6. The summed E-state index contributed by atoms with van der Waals surface area (Å²) in [6, 6.07) is 0. The normalized spacial score (nSPS) is 24.3. The van der Waals surface area contributed by atoms with Gasteiger partial charge in [0.2, 0.25) is 0 Å². The van der Waals surface area contributed by atoms with Crippen molar-refractivity contribution in [3.05, 3.63) is 0 Å². The first-order valence-corrected chi connectivity index (χ1v) is 6.78. The molecule has 2 atom stereocenters. The van der Waals surface area contributed by atoms with E-state index in [1.807, 2.05) is 0 Å². The number of methoxy groups -OCH3 is 1. The van der Waals surface area contributed by atoms with Crippen LogP contribution in [0.4, 0.5) is 0 Å². The molecule has 0 aliphatic heterocycles. The zero-order valence-corrected chi connectivity index (χ0v) is 11.3. The highest BCUT2D eigenvalue weighted by molar-refractivity contribution is 4.74. The molecule has 0 spiro atoms. The Morgan fingerprint density at radius 1 is 0.889 bits per heavy atom. The monoisotopic (exact) mass is 262 g/mol. The summed E-state index contributed by atoms with van der Waals surface area (Å²) in [6.45, 7) is 3.46. The van der Waals surface area contributed by atoms with Crippen LogP contribution in [-0.4, -0.2) is 64.1 Å². The summed E-state index contributed by atoms with van der Waals surface area (Å²) in [6.07, 6.45) is 3.78. The van der Waals surface area contributed by atoms with Crippen molar-refractivity contribution in [2.45, 2.75) is 37.9 Å². The average Bonchev–Trinajstić information content (AvgIpc) is 2.39. The topological polar surface area (TPSA) is 57.2 Å². The zero-order valence-electron chi connectivity index (χ0n) is 11.3. The van der Waals surface area contributed by atoms with E-state index in [1.165, 1.54) is 0 Å². The Bertz CT molecular complexity index is 188. The third-order valence-electron chi connectivity index (χ3n) is 3.03. The van der Waals surface area contributed by atoms with Crippen molar-refractivity contribution >= 4 is 0 Å². The quantitative estimate of drug-likeness (QED) is 0.595. The summed E-state index contributed by atoms with van der Waals surface area (Å²) >= 11 is 0. The van der Waals surface area contributed by atoms with Crippen LogP contribution in [0.25, 0.3) is 0 Å². The van der Waals surface area contributed by atoms with Crippen LogP contribution in [-0.2, 0) is 18.9 Å². The molecular formula is C13H26O5. The minimum absolute atomic E-state index is 0.000281. The van der Waals surface area contributed by atoms with Gasteiger partial charge in [0.1, 0.15) is 0 Å². The van der Waals surface area contributed by atoms with Gasteiger partial charge in [-0.15, -0.1) is 0 Å². The summed E-state index contributed by atoms with van der Waals surface area (Å²) in [5.41, 5.74) is 0. The number of hydrogen-bond donors (Lipinski definition) is 1. The Morgan fingerprint density at radius 2 is 1.50 bits per heavy atom. The van der Waals surface area contributed by atoms with Gasteiger partial charge in [-0.05, 0) is 12.8 Å². The van der Waals surface area contributed by atoms with E-state index in [2.05, 4.69) is 0 Å². The van der Waals surface area contributed by atoms with Crippen LogP contribution in [0, 0.1) is 0 Å². The van der Waals surface area contributed by atoms with Crippen molar-refractivity contribution < 1.29 is 24.1 Å². The molecule has 18 heavy (non-hydrogen) atoms. The zero-order chi connectivity index (χ0) is 13.1. The number of aliphatic hydroxyl groups is 1. The molecule has 5 nitrogen and oxygen atoms in total. The highest BCUT2D eigenvalue weighted by Gasteiger charge is 2.23. The number of ether oxygens (including phenoxy) is 4. The average molecular weight is 262 g/mol. The van der Waals surface area contributed by atoms with Gasteiger partial charge in [-0.3, -0.25) is 0 Å². The molecule has 0 amide bonds. The largest absolute Gasteiger partial charge is 0.390 e. The maximum absolute atomic E-state index is 9.69. The molecule has 0 heterocycles. The fourth-order valence-corrected chi connectivity index (χ4v) is 1.99.